The van der Waals surface area contributed by atoms with Crippen molar-refractivity contribution in [2.75, 3.05) is 31.1 Å². The SMILES string of the molecule is O=C(CC[C@@H]1NC(=O)N(Cc2ccco2)C1=O)N1CCN(c2ccccn2)CC1. The van der Waals surface area contributed by atoms with Crippen molar-refractivity contribution in [3.8, 4) is 0 Å². The molecule has 1 N–H and O–H groups in total. The zero-order valence-electron chi connectivity index (χ0n) is 16.0. The Morgan fingerprint density at radius 2 is 1.97 bits per heavy atom. The van der Waals surface area contributed by atoms with Crippen LogP contribution in [0.1, 0.15) is 18.6 Å². The lowest BCUT2D eigenvalue weighted by Crippen LogP contribution is -2.49. The van der Waals surface area contributed by atoms with Gasteiger partial charge < -0.3 is 19.5 Å². The molecule has 0 aliphatic carbocycles. The van der Waals surface area contributed by atoms with E-state index in [2.05, 4.69) is 15.2 Å². The highest BCUT2D eigenvalue weighted by Crippen LogP contribution is 2.17. The molecule has 0 unspecified atom stereocenters. The van der Waals surface area contributed by atoms with E-state index in [4.69, 9.17) is 4.42 Å². The second-order valence-electron chi connectivity index (χ2n) is 7.10. The lowest BCUT2D eigenvalue weighted by atomic mass is 10.1. The first-order valence-electron chi connectivity index (χ1n) is 9.70. The van der Waals surface area contributed by atoms with E-state index in [9.17, 15) is 14.4 Å². The second kappa shape index (κ2) is 8.34. The van der Waals surface area contributed by atoms with Gasteiger partial charge in [0, 0.05) is 38.8 Å². The van der Waals surface area contributed by atoms with Crippen molar-refractivity contribution in [2.45, 2.75) is 25.4 Å². The monoisotopic (exact) mass is 397 g/mol. The summed E-state index contributed by atoms with van der Waals surface area (Å²) >= 11 is 0. The molecular formula is C20H23N5O4. The quantitative estimate of drug-likeness (QED) is 0.736. The predicted octanol–water partition coefficient (Wildman–Crippen LogP) is 1.22. The number of carbonyl (C=O) groups is 3. The van der Waals surface area contributed by atoms with Crippen molar-refractivity contribution in [2.24, 2.45) is 0 Å². The van der Waals surface area contributed by atoms with Crippen LogP contribution >= 0.6 is 0 Å². The summed E-state index contributed by atoms with van der Waals surface area (Å²) in [5.74, 6) is 1.13. The standard InChI is InChI=1S/C20H23N5O4/c26-18(24-11-9-23(10-12-24)17-5-1-2-8-21-17)7-6-16-19(27)25(20(28)22-16)14-15-4-3-13-29-15/h1-5,8,13,16H,6-7,9-12,14H2,(H,22,28)/t16-/m0/s1. The molecule has 2 fully saturated rings. The lowest BCUT2D eigenvalue weighted by molar-refractivity contribution is -0.132. The Kier molecular flexibility index (Phi) is 5.46. The normalized spacial score (nSPS) is 19.6. The van der Waals surface area contributed by atoms with E-state index in [1.807, 2.05) is 18.2 Å². The molecule has 1 atom stereocenters. The molecule has 2 aliphatic heterocycles. The number of hydrogen-bond donors (Lipinski definition) is 1. The van der Waals surface area contributed by atoms with Crippen molar-refractivity contribution < 1.29 is 18.8 Å². The van der Waals surface area contributed by atoms with Crippen LogP contribution in [0.5, 0.6) is 0 Å². The molecular weight excluding hydrogens is 374 g/mol. The van der Waals surface area contributed by atoms with Crippen LogP contribution in [0.4, 0.5) is 10.6 Å². The molecule has 9 heteroatoms. The van der Waals surface area contributed by atoms with Crippen LogP contribution in [0.3, 0.4) is 0 Å². The van der Waals surface area contributed by atoms with Gasteiger partial charge in [0.1, 0.15) is 17.6 Å². The number of carbonyl (C=O) groups excluding carboxylic acids is 3. The largest absolute Gasteiger partial charge is 0.467 e. The first-order valence-corrected chi connectivity index (χ1v) is 9.70. The van der Waals surface area contributed by atoms with Crippen molar-refractivity contribution in [3.63, 3.8) is 0 Å². The van der Waals surface area contributed by atoms with E-state index in [0.717, 1.165) is 23.8 Å². The Bertz CT molecular complexity index is 862. The van der Waals surface area contributed by atoms with Gasteiger partial charge in [-0.2, -0.15) is 0 Å². The number of rotatable bonds is 6. The Morgan fingerprint density at radius 3 is 2.66 bits per heavy atom. The van der Waals surface area contributed by atoms with Crippen molar-refractivity contribution in [1.29, 1.82) is 0 Å². The number of furan rings is 1. The third-order valence-electron chi connectivity index (χ3n) is 5.25. The zero-order chi connectivity index (χ0) is 20.2. The van der Waals surface area contributed by atoms with Gasteiger partial charge in [-0.1, -0.05) is 6.07 Å². The smallest absolute Gasteiger partial charge is 0.325 e. The fraction of sp³-hybridized carbons (Fsp3) is 0.400. The fourth-order valence-electron chi connectivity index (χ4n) is 3.63. The molecule has 4 heterocycles. The number of hydrogen-bond acceptors (Lipinski definition) is 6. The molecule has 152 valence electrons. The van der Waals surface area contributed by atoms with Gasteiger partial charge >= 0.3 is 6.03 Å². The van der Waals surface area contributed by atoms with Crippen LogP contribution in [-0.2, 0) is 16.1 Å². The van der Waals surface area contributed by atoms with Gasteiger partial charge in [-0.3, -0.25) is 14.5 Å². The van der Waals surface area contributed by atoms with Crippen LogP contribution in [0.25, 0.3) is 0 Å². The topological polar surface area (TPSA) is 99.0 Å². The van der Waals surface area contributed by atoms with E-state index < -0.39 is 12.1 Å². The van der Waals surface area contributed by atoms with E-state index >= 15 is 0 Å². The Morgan fingerprint density at radius 1 is 1.14 bits per heavy atom. The van der Waals surface area contributed by atoms with Gasteiger partial charge in [-0.15, -0.1) is 0 Å². The number of pyridine rings is 1. The van der Waals surface area contributed by atoms with Crippen LogP contribution < -0.4 is 10.2 Å². The van der Waals surface area contributed by atoms with Crippen molar-refractivity contribution in [1.82, 2.24) is 20.1 Å². The lowest BCUT2D eigenvalue weighted by Gasteiger charge is -2.35. The number of imide groups is 1. The van der Waals surface area contributed by atoms with E-state index in [-0.39, 0.29) is 24.8 Å². The highest BCUT2D eigenvalue weighted by atomic mass is 16.3. The highest BCUT2D eigenvalue weighted by Gasteiger charge is 2.38. The zero-order valence-corrected chi connectivity index (χ0v) is 16.0. The molecule has 4 rings (SSSR count). The van der Waals surface area contributed by atoms with Crippen LogP contribution in [-0.4, -0.2) is 64.9 Å². The molecule has 0 radical (unpaired) electrons. The van der Waals surface area contributed by atoms with Gasteiger partial charge in [0.2, 0.25) is 5.91 Å². The fourth-order valence-corrected chi connectivity index (χ4v) is 3.63. The average molecular weight is 397 g/mol. The summed E-state index contributed by atoms with van der Waals surface area (Å²) in [6.45, 7) is 2.77. The van der Waals surface area contributed by atoms with Gasteiger partial charge in [-0.05, 0) is 30.7 Å². The molecule has 2 aromatic heterocycles. The average Bonchev–Trinajstić information content (AvgIpc) is 3.36. The van der Waals surface area contributed by atoms with E-state index in [1.165, 1.54) is 6.26 Å². The molecule has 2 saturated heterocycles. The van der Waals surface area contributed by atoms with E-state index in [0.29, 0.717) is 25.3 Å². The number of nitrogens with one attached hydrogen (secondary N) is 1. The molecule has 29 heavy (non-hydrogen) atoms. The number of nitrogens with zero attached hydrogens (tertiary/aromatic N) is 4. The second-order valence-corrected chi connectivity index (χ2v) is 7.10. The first kappa shape index (κ1) is 19.0. The number of anilines is 1. The number of aromatic nitrogens is 1. The molecule has 0 aromatic carbocycles. The first-order chi connectivity index (χ1) is 14.1. The van der Waals surface area contributed by atoms with Gasteiger partial charge in [0.15, 0.2) is 0 Å². The van der Waals surface area contributed by atoms with Gasteiger partial charge in [-0.25, -0.2) is 9.78 Å². The van der Waals surface area contributed by atoms with Gasteiger partial charge in [0.05, 0.1) is 12.8 Å². The summed E-state index contributed by atoms with van der Waals surface area (Å²) in [5.41, 5.74) is 0. The molecule has 0 bridgehead atoms. The molecule has 0 spiro atoms. The maximum absolute atomic E-state index is 12.6. The Hall–Kier alpha value is -3.36. The summed E-state index contributed by atoms with van der Waals surface area (Å²) in [6, 6.07) is 8.08. The Balaban J connectivity index is 1.25. The van der Waals surface area contributed by atoms with Crippen LogP contribution in [0, 0.1) is 0 Å². The maximum atomic E-state index is 12.6. The van der Waals surface area contributed by atoms with Gasteiger partial charge in [0.25, 0.3) is 5.91 Å². The highest BCUT2D eigenvalue weighted by molar-refractivity contribution is 6.04. The molecule has 0 saturated carbocycles. The third kappa shape index (κ3) is 4.23. The Labute approximate surface area is 168 Å². The summed E-state index contributed by atoms with van der Waals surface area (Å²) in [6.07, 6.45) is 3.76. The van der Waals surface area contributed by atoms with Crippen molar-refractivity contribution in [3.05, 3.63) is 48.6 Å². The van der Waals surface area contributed by atoms with Crippen LogP contribution in [0.2, 0.25) is 0 Å². The third-order valence-corrected chi connectivity index (χ3v) is 5.25. The van der Waals surface area contributed by atoms with E-state index in [1.54, 1.807) is 23.2 Å². The minimum atomic E-state index is -0.670. The minimum Gasteiger partial charge on any atom is -0.467 e. The molecule has 2 aliphatic rings. The molecule has 4 amide bonds. The predicted molar refractivity (Wildman–Crippen MR) is 104 cm³/mol. The molecule has 9 nitrogen and oxygen atoms in total. The summed E-state index contributed by atoms with van der Waals surface area (Å²) in [7, 11) is 0. The summed E-state index contributed by atoms with van der Waals surface area (Å²) < 4.78 is 5.20. The number of amides is 4. The number of urea groups is 1. The number of piperazine rings is 1. The summed E-state index contributed by atoms with van der Waals surface area (Å²) in [4.78, 5) is 46.6. The summed E-state index contributed by atoms with van der Waals surface area (Å²) in [5, 5.41) is 2.66. The van der Waals surface area contributed by atoms with Crippen molar-refractivity contribution >= 4 is 23.7 Å². The molecule has 2 aromatic rings. The van der Waals surface area contributed by atoms with Crippen LogP contribution in [0.15, 0.2) is 47.2 Å². The maximum Gasteiger partial charge on any atom is 0.325 e. The minimum absolute atomic E-state index is 0.00259.